The largest absolute Gasteiger partial charge is 0.497 e. The number of pyridine rings is 1. The first-order valence-corrected chi connectivity index (χ1v) is 12.4. The van der Waals surface area contributed by atoms with Gasteiger partial charge < -0.3 is 19.1 Å². The van der Waals surface area contributed by atoms with Crippen LogP contribution in [0.15, 0.2) is 67.0 Å². The second-order valence-electron chi connectivity index (χ2n) is 9.19. The third-order valence-corrected chi connectivity index (χ3v) is 7.05. The van der Waals surface area contributed by atoms with Crippen LogP contribution in [0.3, 0.4) is 0 Å². The van der Waals surface area contributed by atoms with Crippen LogP contribution >= 0.6 is 0 Å². The Balaban J connectivity index is 1.34. The number of nitro groups is 1. The number of hydrogen-bond donors (Lipinski definition) is 0. The van der Waals surface area contributed by atoms with E-state index in [9.17, 15) is 10.1 Å². The Bertz CT molecular complexity index is 1360. The fourth-order valence-electron chi connectivity index (χ4n) is 4.88. The van der Waals surface area contributed by atoms with Gasteiger partial charge in [0.25, 0.3) is 5.69 Å². The number of ether oxygens (including phenoxy) is 1. The van der Waals surface area contributed by atoms with Crippen molar-refractivity contribution in [1.82, 2.24) is 14.5 Å². The monoisotopic (exact) mass is 485 g/mol. The van der Waals surface area contributed by atoms with Crippen LogP contribution in [-0.4, -0.2) is 59.2 Å². The molecule has 4 aromatic rings. The van der Waals surface area contributed by atoms with Crippen LogP contribution in [0.2, 0.25) is 0 Å². The predicted molar refractivity (Wildman–Crippen MR) is 142 cm³/mol. The van der Waals surface area contributed by atoms with Crippen LogP contribution in [0, 0.1) is 10.1 Å². The van der Waals surface area contributed by atoms with Crippen LogP contribution < -0.4 is 9.64 Å². The lowest BCUT2D eigenvalue weighted by atomic mass is 10.0. The Morgan fingerprint density at radius 1 is 1.03 bits per heavy atom. The second kappa shape index (κ2) is 10.4. The van der Waals surface area contributed by atoms with Crippen molar-refractivity contribution in [2.24, 2.45) is 0 Å². The molecule has 0 saturated carbocycles. The van der Waals surface area contributed by atoms with Gasteiger partial charge in [-0.2, -0.15) is 0 Å². The molecule has 1 saturated heterocycles. The first kappa shape index (κ1) is 23.8. The summed E-state index contributed by atoms with van der Waals surface area (Å²) in [4.78, 5) is 20.9. The molecule has 3 heterocycles. The molecule has 8 heteroatoms. The summed E-state index contributed by atoms with van der Waals surface area (Å²) in [6, 6.07) is 17.7. The highest BCUT2D eigenvalue weighted by atomic mass is 16.6. The highest BCUT2D eigenvalue weighted by Crippen LogP contribution is 2.29. The van der Waals surface area contributed by atoms with Crippen molar-refractivity contribution in [3.8, 4) is 5.75 Å². The molecule has 0 aliphatic carbocycles. The molecule has 0 unspecified atom stereocenters. The zero-order valence-corrected chi connectivity index (χ0v) is 20.8. The molecule has 1 aliphatic heterocycles. The second-order valence-corrected chi connectivity index (χ2v) is 9.19. The van der Waals surface area contributed by atoms with E-state index >= 15 is 0 Å². The maximum atomic E-state index is 11.9. The van der Waals surface area contributed by atoms with E-state index in [2.05, 4.69) is 50.7 Å². The first-order chi connectivity index (χ1) is 17.5. The summed E-state index contributed by atoms with van der Waals surface area (Å²) in [5, 5.41) is 13.0. The quantitative estimate of drug-likeness (QED) is 0.265. The van der Waals surface area contributed by atoms with Crippen molar-refractivity contribution in [3.63, 3.8) is 0 Å². The number of hydrogen-bond acceptors (Lipinski definition) is 6. The Labute approximate surface area is 210 Å². The number of nitrogens with zero attached hydrogens (tertiary/aromatic N) is 5. The summed E-state index contributed by atoms with van der Waals surface area (Å²) >= 11 is 0. The number of aromatic nitrogens is 2. The summed E-state index contributed by atoms with van der Waals surface area (Å²) in [6.07, 6.45) is 4.33. The topological polar surface area (TPSA) is 76.7 Å². The minimum Gasteiger partial charge on any atom is -0.497 e. The molecule has 0 atom stereocenters. The van der Waals surface area contributed by atoms with E-state index in [1.54, 1.807) is 13.2 Å². The molecular formula is C28H31N5O3. The van der Waals surface area contributed by atoms with E-state index in [0.717, 1.165) is 67.3 Å². The molecule has 186 valence electrons. The lowest BCUT2D eigenvalue weighted by Gasteiger charge is -2.35. The van der Waals surface area contributed by atoms with Crippen LogP contribution in [0.25, 0.3) is 10.9 Å². The molecule has 2 aromatic carbocycles. The highest BCUT2D eigenvalue weighted by molar-refractivity contribution is 5.80. The molecule has 0 amide bonds. The number of fused-ring (bicyclic) bond motifs is 1. The van der Waals surface area contributed by atoms with Crippen LogP contribution in [-0.2, 0) is 13.0 Å². The van der Waals surface area contributed by atoms with E-state index < -0.39 is 0 Å². The molecule has 36 heavy (non-hydrogen) atoms. The third-order valence-electron chi connectivity index (χ3n) is 7.05. The fourth-order valence-corrected chi connectivity index (χ4v) is 4.88. The lowest BCUT2D eigenvalue weighted by Crippen LogP contribution is -2.46. The van der Waals surface area contributed by atoms with Crippen molar-refractivity contribution in [3.05, 3.63) is 93.9 Å². The van der Waals surface area contributed by atoms with Gasteiger partial charge in [0.2, 0.25) is 0 Å². The third kappa shape index (κ3) is 5.04. The molecule has 1 aliphatic rings. The van der Waals surface area contributed by atoms with E-state index in [1.807, 2.05) is 36.5 Å². The number of rotatable bonds is 8. The summed E-state index contributed by atoms with van der Waals surface area (Å²) in [5.41, 5.74) is 4.78. The maximum absolute atomic E-state index is 11.9. The van der Waals surface area contributed by atoms with Gasteiger partial charge in [-0.25, -0.2) is 0 Å². The van der Waals surface area contributed by atoms with Crippen LogP contribution in [0.4, 0.5) is 11.4 Å². The van der Waals surface area contributed by atoms with Crippen molar-refractivity contribution in [2.75, 3.05) is 44.7 Å². The molecule has 8 nitrogen and oxygen atoms in total. The lowest BCUT2D eigenvalue weighted by molar-refractivity contribution is -0.385. The molecule has 0 spiro atoms. The standard InChI is InChI=1S/C28H31N5O3/c1-3-30-12-14-31(15-13-30)25-7-6-22(27(18-25)33(34)35)16-24-17-23-10-11-32(28(23)19-29-24)20-21-4-8-26(36-2)9-5-21/h4-11,17-19H,3,12-16,20H2,1-2H3. The van der Waals surface area contributed by atoms with Gasteiger partial charge in [0.05, 0.1) is 23.7 Å². The average Bonchev–Trinajstić information content (AvgIpc) is 3.31. The summed E-state index contributed by atoms with van der Waals surface area (Å²) < 4.78 is 7.40. The molecule has 0 bridgehead atoms. The summed E-state index contributed by atoms with van der Waals surface area (Å²) in [7, 11) is 1.66. The Hall–Kier alpha value is -3.91. The molecule has 1 fully saturated rings. The van der Waals surface area contributed by atoms with Crippen molar-refractivity contribution >= 4 is 22.3 Å². The fraction of sp³-hybridized carbons (Fsp3) is 0.321. The number of likely N-dealkylation sites (N-methyl/N-ethyl adjacent to an activating group) is 1. The molecule has 2 aromatic heterocycles. The zero-order valence-electron chi connectivity index (χ0n) is 20.8. The van der Waals surface area contributed by atoms with Gasteiger partial charge in [0.1, 0.15) is 5.75 Å². The number of benzene rings is 2. The summed E-state index contributed by atoms with van der Waals surface area (Å²) in [5.74, 6) is 0.837. The molecule has 5 rings (SSSR count). The average molecular weight is 486 g/mol. The minimum atomic E-state index is -0.273. The number of nitro benzene ring substituents is 1. The maximum Gasteiger partial charge on any atom is 0.275 e. The van der Waals surface area contributed by atoms with Gasteiger partial charge >= 0.3 is 0 Å². The predicted octanol–water partition coefficient (Wildman–Crippen LogP) is 4.73. The van der Waals surface area contributed by atoms with Gasteiger partial charge in [-0.15, -0.1) is 0 Å². The van der Waals surface area contributed by atoms with Gasteiger partial charge in [0, 0.05) is 73.7 Å². The van der Waals surface area contributed by atoms with E-state index in [4.69, 9.17) is 4.74 Å². The number of anilines is 1. The Morgan fingerprint density at radius 3 is 2.50 bits per heavy atom. The molecular weight excluding hydrogens is 454 g/mol. The summed E-state index contributed by atoms with van der Waals surface area (Å²) in [6.45, 7) is 7.66. The SMILES string of the molecule is CCN1CCN(c2ccc(Cc3cc4ccn(Cc5ccc(OC)cc5)c4cn3)c([N+](=O)[O-])c2)CC1. The first-order valence-electron chi connectivity index (χ1n) is 12.4. The van der Waals surface area contributed by atoms with E-state index in [1.165, 1.54) is 5.56 Å². The Kier molecular flexibility index (Phi) is 6.86. The Morgan fingerprint density at radius 2 is 1.81 bits per heavy atom. The number of piperazine rings is 1. The smallest absolute Gasteiger partial charge is 0.275 e. The minimum absolute atomic E-state index is 0.157. The van der Waals surface area contributed by atoms with Crippen molar-refractivity contribution < 1.29 is 9.66 Å². The van der Waals surface area contributed by atoms with Gasteiger partial charge in [0.15, 0.2) is 0 Å². The van der Waals surface area contributed by atoms with Crippen LogP contribution in [0.5, 0.6) is 5.75 Å². The van der Waals surface area contributed by atoms with Gasteiger partial charge in [-0.05, 0) is 48.5 Å². The zero-order chi connectivity index (χ0) is 25.1. The molecule has 0 N–H and O–H groups in total. The van der Waals surface area contributed by atoms with E-state index in [-0.39, 0.29) is 10.6 Å². The van der Waals surface area contributed by atoms with Gasteiger partial charge in [-0.1, -0.05) is 19.1 Å². The van der Waals surface area contributed by atoms with Crippen molar-refractivity contribution in [1.29, 1.82) is 0 Å². The number of methoxy groups -OCH3 is 1. The van der Waals surface area contributed by atoms with Crippen LogP contribution in [0.1, 0.15) is 23.7 Å². The van der Waals surface area contributed by atoms with Gasteiger partial charge in [-0.3, -0.25) is 15.1 Å². The normalized spacial score (nSPS) is 14.3. The van der Waals surface area contributed by atoms with E-state index in [0.29, 0.717) is 12.0 Å². The van der Waals surface area contributed by atoms with Crippen molar-refractivity contribution in [2.45, 2.75) is 19.9 Å². The highest BCUT2D eigenvalue weighted by Gasteiger charge is 2.21. The molecule has 0 radical (unpaired) electrons.